The minimum Gasteiger partial charge on any atom is -0.351 e. The summed E-state index contributed by atoms with van der Waals surface area (Å²) in [4.78, 5) is 12.1. The summed E-state index contributed by atoms with van der Waals surface area (Å²) in [5, 5.41) is 2.60. The highest BCUT2D eigenvalue weighted by Gasteiger charge is 2.28. The number of amides is 1. The number of nitrogens with zero attached hydrogens (tertiary/aromatic N) is 1. The fraction of sp³-hybridized carbons (Fsp3) is 0.500. The van der Waals surface area contributed by atoms with Crippen molar-refractivity contribution in [1.82, 2.24) is 9.62 Å². The molecule has 1 N–H and O–H groups in total. The Bertz CT molecular complexity index is 527. The van der Waals surface area contributed by atoms with Gasteiger partial charge in [0.2, 0.25) is 5.91 Å². The summed E-state index contributed by atoms with van der Waals surface area (Å²) in [6, 6.07) is 1.73. The smallest absolute Gasteiger partial charge is 0.238 e. The lowest BCUT2D eigenvalue weighted by Crippen LogP contribution is -2.45. The topological polar surface area (TPSA) is 32.3 Å². The monoisotopic (exact) mass is 318 g/mol. The van der Waals surface area contributed by atoms with Gasteiger partial charge in [-0.1, -0.05) is 24.9 Å². The standard InChI is InChI=1S/C14H17F3N2OS/c1-2-19-11(4-3-7-21-19)14(20)18-8-9-5-6-10(15)13(17)12(9)16/h5-6,11H,2-4,7-8H2,1H3,(H,18,20). The first-order valence-electron chi connectivity index (χ1n) is 6.84. The summed E-state index contributed by atoms with van der Waals surface area (Å²) in [5.41, 5.74) is -0.0613. The summed E-state index contributed by atoms with van der Waals surface area (Å²) in [5.74, 6) is -3.22. The number of halogens is 3. The molecule has 0 radical (unpaired) electrons. The van der Waals surface area contributed by atoms with Crippen LogP contribution in [0.2, 0.25) is 0 Å². The molecule has 1 amide bonds. The van der Waals surface area contributed by atoms with Crippen molar-refractivity contribution in [3.8, 4) is 0 Å². The number of carbonyl (C=O) groups excluding carboxylic acids is 1. The van der Waals surface area contributed by atoms with E-state index in [4.69, 9.17) is 0 Å². The van der Waals surface area contributed by atoms with Crippen LogP contribution in [-0.2, 0) is 11.3 Å². The van der Waals surface area contributed by atoms with E-state index >= 15 is 0 Å². The molecule has 1 atom stereocenters. The van der Waals surface area contributed by atoms with Crippen molar-refractivity contribution < 1.29 is 18.0 Å². The van der Waals surface area contributed by atoms with Gasteiger partial charge in [0.05, 0.1) is 6.04 Å². The first-order chi connectivity index (χ1) is 10.0. The molecule has 0 aliphatic carbocycles. The second-order valence-corrected chi connectivity index (χ2v) is 5.91. The number of hydrogen-bond acceptors (Lipinski definition) is 3. The van der Waals surface area contributed by atoms with Gasteiger partial charge in [-0.3, -0.25) is 4.79 Å². The predicted octanol–water partition coefficient (Wildman–Crippen LogP) is 2.85. The van der Waals surface area contributed by atoms with Gasteiger partial charge in [-0.15, -0.1) is 0 Å². The summed E-state index contributed by atoms with van der Waals surface area (Å²) < 4.78 is 41.5. The minimum absolute atomic E-state index is 0.0613. The van der Waals surface area contributed by atoms with Crippen molar-refractivity contribution >= 4 is 17.9 Å². The van der Waals surface area contributed by atoms with Crippen molar-refractivity contribution in [1.29, 1.82) is 0 Å². The molecule has 21 heavy (non-hydrogen) atoms. The second kappa shape index (κ2) is 7.17. The molecular formula is C14H17F3N2OS. The maximum Gasteiger partial charge on any atom is 0.238 e. The molecule has 3 nitrogen and oxygen atoms in total. The number of likely N-dealkylation sites (N-methyl/N-ethyl adjacent to an activating group) is 1. The van der Waals surface area contributed by atoms with Gasteiger partial charge < -0.3 is 5.32 Å². The van der Waals surface area contributed by atoms with Crippen molar-refractivity contribution in [3.05, 3.63) is 35.1 Å². The third-order valence-electron chi connectivity index (χ3n) is 3.41. The average Bonchev–Trinajstić information content (AvgIpc) is 2.51. The molecule has 1 aromatic rings. The molecule has 116 valence electrons. The summed E-state index contributed by atoms with van der Waals surface area (Å²) in [7, 11) is 0. The zero-order valence-corrected chi connectivity index (χ0v) is 12.5. The van der Waals surface area contributed by atoms with Crippen LogP contribution in [0, 0.1) is 17.5 Å². The van der Waals surface area contributed by atoms with Crippen LogP contribution in [0.15, 0.2) is 12.1 Å². The van der Waals surface area contributed by atoms with Gasteiger partial charge in [-0.2, -0.15) is 0 Å². The Kier molecular flexibility index (Phi) is 5.52. The molecule has 1 saturated heterocycles. The largest absolute Gasteiger partial charge is 0.351 e. The third kappa shape index (κ3) is 3.71. The van der Waals surface area contributed by atoms with Gasteiger partial charge in [0.25, 0.3) is 0 Å². The first kappa shape index (κ1) is 16.2. The highest BCUT2D eigenvalue weighted by molar-refractivity contribution is 7.97. The third-order valence-corrected chi connectivity index (χ3v) is 4.72. The normalized spacial score (nSPS) is 19.5. The molecule has 1 heterocycles. The fourth-order valence-corrected chi connectivity index (χ4v) is 3.36. The van der Waals surface area contributed by atoms with Crippen LogP contribution in [0.1, 0.15) is 25.3 Å². The van der Waals surface area contributed by atoms with E-state index < -0.39 is 17.5 Å². The molecule has 1 aromatic carbocycles. The Morgan fingerprint density at radius 1 is 1.38 bits per heavy atom. The minimum atomic E-state index is -1.51. The number of nitrogens with one attached hydrogen (secondary N) is 1. The van der Waals surface area contributed by atoms with E-state index in [0.717, 1.165) is 37.3 Å². The van der Waals surface area contributed by atoms with Crippen LogP contribution < -0.4 is 5.32 Å². The van der Waals surface area contributed by atoms with Crippen molar-refractivity contribution in [2.24, 2.45) is 0 Å². The van der Waals surface area contributed by atoms with Crippen molar-refractivity contribution in [2.45, 2.75) is 32.4 Å². The zero-order valence-electron chi connectivity index (χ0n) is 11.7. The van der Waals surface area contributed by atoms with E-state index in [9.17, 15) is 18.0 Å². The van der Waals surface area contributed by atoms with Crippen molar-refractivity contribution in [2.75, 3.05) is 12.3 Å². The molecule has 0 bridgehead atoms. The first-order valence-corrected chi connectivity index (χ1v) is 7.78. The SMILES string of the molecule is CCN1SCCCC1C(=O)NCc1ccc(F)c(F)c1F. The number of hydrogen-bond donors (Lipinski definition) is 1. The van der Waals surface area contributed by atoms with Gasteiger partial charge in [0.15, 0.2) is 17.5 Å². The van der Waals surface area contributed by atoms with E-state index in [0.29, 0.717) is 0 Å². The van der Waals surface area contributed by atoms with E-state index in [-0.39, 0.29) is 24.1 Å². The van der Waals surface area contributed by atoms with E-state index in [1.807, 2.05) is 11.2 Å². The Hall–Kier alpha value is -1.21. The molecule has 0 spiro atoms. The Morgan fingerprint density at radius 2 is 2.14 bits per heavy atom. The lowest BCUT2D eigenvalue weighted by atomic mass is 10.1. The maximum absolute atomic E-state index is 13.5. The average molecular weight is 318 g/mol. The highest BCUT2D eigenvalue weighted by atomic mass is 32.2. The van der Waals surface area contributed by atoms with Gasteiger partial charge in [0.1, 0.15) is 0 Å². The summed E-state index contributed by atoms with van der Waals surface area (Å²) in [6.45, 7) is 2.55. The summed E-state index contributed by atoms with van der Waals surface area (Å²) in [6.07, 6.45) is 1.69. The molecular weight excluding hydrogens is 301 g/mol. The van der Waals surface area contributed by atoms with Crippen LogP contribution in [0.25, 0.3) is 0 Å². The maximum atomic E-state index is 13.5. The van der Waals surface area contributed by atoms with E-state index in [1.165, 1.54) is 0 Å². The van der Waals surface area contributed by atoms with Gasteiger partial charge >= 0.3 is 0 Å². The second-order valence-electron chi connectivity index (χ2n) is 4.78. The van der Waals surface area contributed by atoms with Gasteiger partial charge in [-0.25, -0.2) is 17.5 Å². The van der Waals surface area contributed by atoms with E-state index in [2.05, 4.69) is 5.32 Å². The van der Waals surface area contributed by atoms with Crippen LogP contribution >= 0.6 is 11.9 Å². The lowest BCUT2D eigenvalue weighted by Gasteiger charge is -2.32. The molecule has 7 heteroatoms. The van der Waals surface area contributed by atoms with Crippen LogP contribution in [0.5, 0.6) is 0 Å². The van der Waals surface area contributed by atoms with Crippen LogP contribution in [0.3, 0.4) is 0 Å². The van der Waals surface area contributed by atoms with Gasteiger partial charge in [-0.05, 0) is 18.9 Å². The molecule has 0 saturated carbocycles. The van der Waals surface area contributed by atoms with E-state index in [1.54, 1.807) is 11.9 Å². The Labute approximate surface area is 126 Å². The number of carbonyl (C=O) groups is 1. The summed E-state index contributed by atoms with van der Waals surface area (Å²) >= 11 is 1.62. The molecule has 1 aliphatic rings. The fourth-order valence-electron chi connectivity index (χ4n) is 2.27. The van der Waals surface area contributed by atoms with Gasteiger partial charge in [0, 0.05) is 24.4 Å². The molecule has 1 aliphatic heterocycles. The Balaban J connectivity index is 1.99. The highest BCUT2D eigenvalue weighted by Crippen LogP contribution is 2.25. The van der Waals surface area contributed by atoms with Crippen molar-refractivity contribution in [3.63, 3.8) is 0 Å². The zero-order chi connectivity index (χ0) is 15.4. The lowest BCUT2D eigenvalue weighted by molar-refractivity contribution is -0.125. The molecule has 1 fully saturated rings. The van der Waals surface area contributed by atoms with Crippen LogP contribution in [-0.4, -0.2) is 28.6 Å². The predicted molar refractivity (Wildman–Crippen MR) is 76.0 cm³/mol. The molecule has 1 unspecified atom stereocenters. The molecule has 0 aromatic heterocycles. The molecule has 2 rings (SSSR count). The number of benzene rings is 1. The quantitative estimate of drug-likeness (QED) is 0.684. The Morgan fingerprint density at radius 3 is 2.86 bits per heavy atom. The number of rotatable bonds is 4. The van der Waals surface area contributed by atoms with Crippen LogP contribution in [0.4, 0.5) is 13.2 Å².